The number of hydrogen-bond acceptors (Lipinski definition) is 5. The van der Waals surface area contributed by atoms with Crippen molar-refractivity contribution in [1.29, 1.82) is 0 Å². The van der Waals surface area contributed by atoms with E-state index in [0.29, 0.717) is 5.56 Å². The highest BCUT2D eigenvalue weighted by Gasteiger charge is 2.16. The molecule has 110 valence electrons. The first-order valence-corrected chi connectivity index (χ1v) is 6.10. The lowest BCUT2D eigenvalue weighted by molar-refractivity contribution is -0.0137. The summed E-state index contributed by atoms with van der Waals surface area (Å²) in [7, 11) is 1.32. The third-order valence-corrected chi connectivity index (χ3v) is 2.14. The summed E-state index contributed by atoms with van der Waals surface area (Å²) in [6, 6.07) is 6.74. The van der Waals surface area contributed by atoms with E-state index >= 15 is 0 Å². The number of benzene rings is 1. The first-order valence-electron chi connectivity index (χ1n) is 6.10. The zero-order valence-corrected chi connectivity index (χ0v) is 12.1. The smallest absolute Gasteiger partial charge is 0.431 e. The Hall–Kier alpha value is -2.08. The third-order valence-electron chi connectivity index (χ3n) is 2.14. The number of hydroxylamine groups is 1. The Morgan fingerprint density at radius 1 is 1.25 bits per heavy atom. The Labute approximate surface area is 118 Å². The molecule has 1 rings (SSSR count). The molecule has 0 radical (unpaired) electrons. The lowest BCUT2D eigenvalue weighted by Gasteiger charge is -2.19. The Bertz CT molecular complexity index is 479. The van der Waals surface area contributed by atoms with Gasteiger partial charge < -0.3 is 9.47 Å². The van der Waals surface area contributed by atoms with Gasteiger partial charge in [0.1, 0.15) is 5.60 Å². The zero-order valence-electron chi connectivity index (χ0n) is 12.1. The Balaban J connectivity index is 2.46. The van der Waals surface area contributed by atoms with Gasteiger partial charge in [-0.25, -0.2) is 9.59 Å². The highest BCUT2D eigenvalue weighted by Crippen LogP contribution is 2.08. The van der Waals surface area contributed by atoms with E-state index in [-0.39, 0.29) is 6.61 Å². The van der Waals surface area contributed by atoms with Crippen molar-refractivity contribution in [3.8, 4) is 0 Å². The maximum absolute atomic E-state index is 11.4. The number of ether oxygens (including phenoxy) is 2. The van der Waals surface area contributed by atoms with Gasteiger partial charge in [-0.3, -0.25) is 4.84 Å². The number of carbonyl (C=O) groups excluding carboxylic acids is 2. The van der Waals surface area contributed by atoms with Gasteiger partial charge in [0.15, 0.2) is 0 Å². The second-order valence-electron chi connectivity index (χ2n) is 5.08. The van der Waals surface area contributed by atoms with E-state index in [9.17, 15) is 9.59 Å². The van der Waals surface area contributed by atoms with Crippen molar-refractivity contribution in [1.82, 2.24) is 5.48 Å². The molecule has 0 spiro atoms. The minimum atomic E-state index is -0.665. The van der Waals surface area contributed by atoms with Crippen LogP contribution in [0.1, 0.15) is 36.7 Å². The average molecular weight is 281 g/mol. The van der Waals surface area contributed by atoms with Crippen molar-refractivity contribution in [2.75, 3.05) is 7.11 Å². The summed E-state index contributed by atoms with van der Waals surface area (Å²) in [5.74, 6) is -0.424. The van der Waals surface area contributed by atoms with Crippen molar-refractivity contribution in [3.05, 3.63) is 35.4 Å². The van der Waals surface area contributed by atoms with E-state index in [4.69, 9.17) is 9.57 Å². The molecule has 0 heterocycles. The number of methoxy groups -OCH3 is 1. The van der Waals surface area contributed by atoms with Gasteiger partial charge in [0.05, 0.1) is 19.3 Å². The first kappa shape index (κ1) is 16.0. The Kier molecular flexibility index (Phi) is 5.52. The van der Waals surface area contributed by atoms with E-state index in [0.717, 1.165) is 5.56 Å². The number of esters is 1. The molecule has 0 aromatic heterocycles. The normalized spacial score (nSPS) is 10.8. The van der Waals surface area contributed by atoms with Crippen molar-refractivity contribution >= 4 is 12.1 Å². The van der Waals surface area contributed by atoms with Gasteiger partial charge in [-0.1, -0.05) is 12.1 Å². The summed E-state index contributed by atoms with van der Waals surface area (Å²) in [4.78, 5) is 27.7. The summed E-state index contributed by atoms with van der Waals surface area (Å²) in [6.45, 7) is 5.38. The molecule has 6 nitrogen and oxygen atoms in total. The van der Waals surface area contributed by atoms with Crippen LogP contribution in [0.15, 0.2) is 24.3 Å². The van der Waals surface area contributed by atoms with Gasteiger partial charge in [-0.15, -0.1) is 0 Å². The van der Waals surface area contributed by atoms with Crippen molar-refractivity contribution in [2.24, 2.45) is 0 Å². The molecule has 0 unspecified atom stereocenters. The molecular formula is C14H19NO5. The fourth-order valence-corrected chi connectivity index (χ4v) is 1.38. The molecule has 0 atom stereocenters. The molecule has 1 aromatic rings. The maximum Gasteiger partial charge on any atom is 0.431 e. The molecule has 0 aliphatic heterocycles. The van der Waals surface area contributed by atoms with Crippen molar-refractivity contribution in [2.45, 2.75) is 33.0 Å². The van der Waals surface area contributed by atoms with E-state index in [2.05, 4.69) is 10.2 Å². The number of hydrogen-bond donors (Lipinski definition) is 1. The van der Waals surface area contributed by atoms with Gasteiger partial charge in [0.25, 0.3) is 0 Å². The number of nitrogens with one attached hydrogen (secondary N) is 1. The van der Waals surface area contributed by atoms with Crippen LogP contribution in [0.3, 0.4) is 0 Å². The fraction of sp³-hybridized carbons (Fsp3) is 0.429. The number of carbonyl (C=O) groups is 2. The van der Waals surface area contributed by atoms with Crippen LogP contribution in [0.4, 0.5) is 4.79 Å². The molecule has 1 N–H and O–H groups in total. The minimum absolute atomic E-state index is 0.115. The molecule has 20 heavy (non-hydrogen) atoms. The summed E-state index contributed by atoms with van der Waals surface area (Å²) >= 11 is 0. The summed E-state index contributed by atoms with van der Waals surface area (Å²) in [5, 5.41) is 0. The monoisotopic (exact) mass is 281 g/mol. The van der Waals surface area contributed by atoms with Gasteiger partial charge >= 0.3 is 12.1 Å². The SMILES string of the molecule is COC(=O)c1cccc(CONC(=O)OC(C)(C)C)c1. The van der Waals surface area contributed by atoms with Gasteiger partial charge in [0, 0.05) is 0 Å². The molecule has 0 saturated carbocycles. The van der Waals surface area contributed by atoms with E-state index in [1.807, 2.05) is 0 Å². The Morgan fingerprint density at radius 2 is 1.95 bits per heavy atom. The fourth-order valence-electron chi connectivity index (χ4n) is 1.38. The molecular weight excluding hydrogens is 262 g/mol. The molecule has 6 heteroatoms. The predicted octanol–water partition coefficient (Wildman–Crippen LogP) is 2.43. The lowest BCUT2D eigenvalue weighted by atomic mass is 10.1. The molecule has 0 aliphatic carbocycles. The molecule has 0 saturated heterocycles. The molecule has 0 aliphatic rings. The summed E-state index contributed by atoms with van der Waals surface area (Å²) in [5.41, 5.74) is 2.74. The molecule has 0 bridgehead atoms. The van der Waals surface area contributed by atoms with E-state index < -0.39 is 17.7 Å². The molecule has 1 aromatic carbocycles. The summed E-state index contributed by atoms with van der Waals surface area (Å²) < 4.78 is 9.63. The van der Waals surface area contributed by atoms with Crippen molar-refractivity contribution < 1.29 is 23.9 Å². The molecule has 1 amide bonds. The highest BCUT2D eigenvalue weighted by molar-refractivity contribution is 5.89. The average Bonchev–Trinajstić information content (AvgIpc) is 2.36. The molecule has 0 fully saturated rings. The van der Waals surface area contributed by atoms with Crippen LogP contribution < -0.4 is 5.48 Å². The minimum Gasteiger partial charge on any atom is -0.465 e. The van der Waals surface area contributed by atoms with E-state index in [1.54, 1.807) is 45.0 Å². The highest BCUT2D eigenvalue weighted by atomic mass is 16.7. The third kappa shape index (κ3) is 5.71. The standard InChI is InChI=1S/C14H19NO5/c1-14(2,3)20-13(17)15-19-9-10-6-5-7-11(8-10)12(16)18-4/h5-8H,9H2,1-4H3,(H,15,17). The first-order chi connectivity index (χ1) is 9.31. The Morgan fingerprint density at radius 3 is 2.55 bits per heavy atom. The number of rotatable bonds is 4. The van der Waals surface area contributed by atoms with Crippen LogP contribution in [-0.4, -0.2) is 24.8 Å². The second kappa shape index (κ2) is 6.91. The maximum atomic E-state index is 11.4. The van der Waals surface area contributed by atoms with Crippen LogP contribution in [0.25, 0.3) is 0 Å². The second-order valence-corrected chi connectivity index (χ2v) is 5.08. The summed E-state index contributed by atoms with van der Waals surface area (Å²) in [6.07, 6.45) is -0.665. The van der Waals surface area contributed by atoms with Crippen molar-refractivity contribution in [3.63, 3.8) is 0 Å². The topological polar surface area (TPSA) is 73.9 Å². The van der Waals surface area contributed by atoms with Crippen LogP contribution in [0, 0.1) is 0 Å². The van der Waals surface area contributed by atoms with Gasteiger partial charge in [-0.2, -0.15) is 5.48 Å². The number of amides is 1. The quantitative estimate of drug-likeness (QED) is 0.677. The van der Waals surface area contributed by atoms with Crippen LogP contribution in [0.2, 0.25) is 0 Å². The van der Waals surface area contributed by atoms with Gasteiger partial charge in [-0.05, 0) is 38.5 Å². The van der Waals surface area contributed by atoms with Crippen LogP contribution in [0.5, 0.6) is 0 Å². The lowest BCUT2D eigenvalue weighted by Crippen LogP contribution is -2.32. The largest absolute Gasteiger partial charge is 0.465 e. The predicted molar refractivity (Wildman–Crippen MR) is 71.9 cm³/mol. The van der Waals surface area contributed by atoms with E-state index in [1.165, 1.54) is 7.11 Å². The van der Waals surface area contributed by atoms with Gasteiger partial charge in [0.2, 0.25) is 0 Å². The van der Waals surface area contributed by atoms with Crippen LogP contribution in [-0.2, 0) is 20.9 Å². The zero-order chi connectivity index (χ0) is 15.2. The van der Waals surface area contributed by atoms with Crippen LogP contribution >= 0.6 is 0 Å².